The van der Waals surface area contributed by atoms with Crippen molar-refractivity contribution in [1.29, 1.82) is 0 Å². The largest absolute Gasteiger partial charge is 0.227 e. The number of aromatic nitrogens is 2. The SMILES string of the molecule is Cc1cc(-c2ccc(Cl)s2)nc(Br)n1. The fourth-order valence-corrected chi connectivity index (χ4v) is 2.58. The lowest BCUT2D eigenvalue weighted by molar-refractivity contribution is 1.06. The third-order valence-corrected chi connectivity index (χ3v) is 3.26. The van der Waals surface area contributed by atoms with E-state index in [1.54, 1.807) is 0 Å². The third kappa shape index (κ3) is 2.13. The van der Waals surface area contributed by atoms with E-state index in [1.165, 1.54) is 11.3 Å². The van der Waals surface area contributed by atoms with E-state index in [-0.39, 0.29) is 0 Å². The monoisotopic (exact) mass is 288 g/mol. The Hall–Kier alpha value is -0.450. The molecule has 0 aliphatic heterocycles. The molecule has 0 saturated carbocycles. The van der Waals surface area contributed by atoms with Gasteiger partial charge in [0, 0.05) is 5.69 Å². The molecule has 2 rings (SSSR count). The summed E-state index contributed by atoms with van der Waals surface area (Å²) in [6.45, 7) is 1.94. The Labute approximate surface area is 99.1 Å². The van der Waals surface area contributed by atoms with Crippen LogP contribution in [0.5, 0.6) is 0 Å². The van der Waals surface area contributed by atoms with Gasteiger partial charge >= 0.3 is 0 Å². The number of hydrogen-bond acceptors (Lipinski definition) is 3. The van der Waals surface area contributed by atoms with Crippen LogP contribution in [0.1, 0.15) is 5.69 Å². The van der Waals surface area contributed by atoms with E-state index in [4.69, 9.17) is 11.6 Å². The molecule has 0 spiro atoms. The number of thiophene rings is 1. The molecule has 0 atom stereocenters. The first-order chi connectivity index (χ1) is 6.65. The summed E-state index contributed by atoms with van der Waals surface area (Å²) in [5.41, 5.74) is 1.84. The van der Waals surface area contributed by atoms with E-state index in [2.05, 4.69) is 25.9 Å². The van der Waals surface area contributed by atoms with Crippen LogP contribution in [0.25, 0.3) is 10.6 Å². The highest BCUT2D eigenvalue weighted by atomic mass is 79.9. The van der Waals surface area contributed by atoms with Crippen LogP contribution in [0.4, 0.5) is 0 Å². The van der Waals surface area contributed by atoms with Crippen molar-refractivity contribution in [3.05, 3.63) is 33.0 Å². The van der Waals surface area contributed by atoms with Crippen LogP contribution in [-0.4, -0.2) is 9.97 Å². The highest BCUT2D eigenvalue weighted by Crippen LogP contribution is 2.30. The van der Waals surface area contributed by atoms with Gasteiger partial charge in [-0.15, -0.1) is 11.3 Å². The van der Waals surface area contributed by atoms with Gasteiger partial charge in [-0.05, 0) is 41.1 Å². The third-order valence-electron chi connectivity index (χ3n) is 1.65. The Balaban J connectivity index is 2.51. The van der Waals surface area contributed by atoms with E-state index >= 15 is 0 Å². The van der Waals surface area contributed by atoms with Crippen molar-refractivity contribution >= 4 is 38.9 Å². The summed E-state index contributed by atoms with van der Waals surface area (Å²) in [5, 5.41) is 0. The molecule has 2 aromatic heterocycles. The zero-order valence-electron chi connectivity index (χ0n) is 7.29. The molecular formula is C9H6BrClN2S. The van der Waals surface area contributed by atoms with Crippen LogP contribution in [0.2, 0.25) is 4.34 Å². The first-order valence-electron chi connectivity index (χ1n) is 3.92. The van der Waals surface area contributed by atoms with Gasteiger partial charge in [0.15, 0.2) is 4.73 Å². The molecule has 0 fully saturated rings. The van der Waals surface area contributed by atoms with E-state index in [1.807, 2.05) is 25.1 Å². The molecule has 14 heavy (non-hydrogen) atoms. The minimum atomic E-state index is 0.608. The normalized spacial score (nSPS) is 10.5. The van der Waals surface area contributed by atoms with Gasteiger partial charge in [0.25, 0.3) is 0 Å². The lowest BCUT2D eigenvalue weighted by Gasteiger charge is -1.98. The maximum atomic E-state index is 5.85. The molecule has 2 aromatic rings. The summed E-state index contributed by atoms with van der Waals surface area (Å²) in [7, 11) is 0. The van der Waals surface area contributed by atoms with E-state index in [9.17, 15) is 0 Å². The standard InChI is InChI=1S/C9H6BrClN2S/c1-5-4-6(13-9(10)12-5)7-2-3-8(11)14-7/h2-4H,1H3. The summed E-state index contributed by atoms with van der Waals surface area (Å²) in [6, 6.07) is 5.76. The predicted molar refractivity (Wildman–Crippen MR) is 62.8 cm³/mol. The van der Waals surface area contributed by atoms with Gasteiger partial charge in [0.05, 0.1) is 14.9 Å². The molecule has 2 heterocycles. The average Bonchev–Trinajstić information content (AvgIpc) is 2.50. The molecule has 0 radical (unpaired) electrons. The summed E-state index contributed by atoms with van der Waals surface area (Å²) in [4.78, 5) is 9.48. The first kappa shape index (κ1) is 10.1. The number of aryl methyl sites for hydroxylation is 1. The molecule has 0 aliphatic rings. The van der Waals surface area contributed by atoms with Gasteiger partial charge in [-0.3, -0.25) is 0 Å². The van der Waals surface area contributed by atoms with Crippen molar-refractivity contribution in [1.82, 2.24) is 9.97 Å². The zero-order chi connectivity index (χ0) is 10.1. The average molecular weight is 290 g/mol. The van der Waals surface area contributed by atoms with Crippen LogP contribution in [-0.2, 0) is 0 Å². The highest BCUT2D eigenvalue weighted by molar-refractivity contribution is 9.10. The summed E-state index contributed by atoms with van der Waals surface area (Å²) in [6.07, 6.45) is 0. The molecule has 5 heteroatoms. The van der Waals surface area contributed by atoms with Crippen molar-refractivity contribution in [2.75, 3.05) is 0 Å². The van der Waals surface area contributed by atoms with Crippen LogP contribution >= 0.6 is 38.9 Å². The van der Waals surface area contributed by atoms with Crippen LogP contribution in [0, 0.1) is 6.92 Å². The molecule has 72 valence electrons. The van der Waals surface area contributed by atoms with Crippen molar-refractivity contribution in [3.8, 4) is 10.6 Å². The molecule has 2 nitrogen and oxygen atoms in total. The lowest BCUT2D eigenvalue weighted by atomic mass is 10.3. The fraction of sp³-hybridized carbons (Fsp3) is 0.111. The van der Waals surface area contributed by atoms with Crippen molar-refractivity contribution < 1.29 is 0 Å². The van der Waals surface area contributed by atoms with Crippen molar-refractivity contribution in [3.63, 3.8) is 0 Å². The Kier molecular flexibility index (Phi) is 2.85. The Morgan fingerprint density at radius 1 is 1.36 bits per heavy atom. The van der Waals surface area contributed by atoms with Gasteiger partial charge in [-0.2, -0.15) is 0 Å². The van der Waals surface area contributed by atoms with E-state index in [0.29, 0.717) is 4.73 Å². The first-order valence-corrected chi connectivity index (χ1v) is 5.91. The Bertz CT molecular complexity index is 449. The molecule has 0 N–H and O–H groups in total. The van der Waals surface area contributed by atoms with Gasteiger partial charge in [-0.1, -0.05) is 11.6 Å². The predicted octanol–water partition coefficient (Wildman–Crippen LogP) is 3.93. The maximum absolute atomic E-state index is 5.85. The molecule has 0 aromatic carbocycles. The van der Waals surface area contributed by atoms with Gasteiger partial charge in [-0.25, -0.2) is 9.97 Å². The fourth-order valence-electron chi connectivity index (χ4n) is 1.11. The second-order valence-electron chi connectivity index (χ2n) is 2.77. The molecule has 0 amide bonds. The van der Waals surface area contributed by atoms with E-state index in [0.717, 1.165) is 20.6 Å². The minimum absolute atomic E-state index is 0.608. The molecule has 0 bridgehead atoms. The number of hydrogen-bond donors (Lipinski definition) is 0. The van der Waals surface area contributed by atoms with Gasteiger partial charge in [0.1, 0.15) is 0 Å². The Morgan fingerprint density at radius 3 is 2.71 bits per heavy atom. The van der Waals surface area contributed by atoms with Crippen LogP contribution in [0.15, 0.2) is 22.9 Å². The smallest absolute Gasteiger partial charge is 0.197 e. The lowest BCUT2D eigenvalue weighted by Crippen LogP contribution is -1.88. The topological polar surface area (TPSA) is 25.8 Å². The number of nitrogens with zero attached hydrogens (tertiary/aromatic N) is 2. The Morgan fingerprint density at radius 2 is 2.14 bits per heavy atom. The van der Waals surface area contributed by atoms with Gasteiger partial charge in [0.2, 0.25) is 0 Å². The summed E-state index contributed by atoms with van der Waals surface area (Å²) >= 11 is 10.6. The van der Waals surface area contributed by atoms with E-state index < -0.39 is 0 Å². The zero-order valence-corrected chi connectivity index (χ0v) is 10.4. The van der Waals surface area contributed by atoms with Gasteiger partial charge < -0.3 is 0 Å². The summed E-state index contributed by atoms with van der Waals surface area (Å²) < 4.78 is 1.38. The van der Waals surface area contributed by atoms with Crippen LogP contribution in [0.3, 0.4) is 0 Å². The minimum Gasteiger partial charge on any atom is -0.227 e. The molecule has 0 unspecified atom stereocenters. The summed E-state index contributed by atoms with van der Waals surface area (Å²) in [5.74, 6) is 0. The van der Waals surface area contributed by atoms with Crippen molar-refractivity contribution in [2.24, 2.45) is 0 Å². The number of halogens is 2. The molecular weight excluding hydrogens is 284 g/mol. The molecule has 0 aliphatic carbocycles. The van der Waals surface area contributed by atoms with Crippen molar-refractivity contribution in [2.45, 2.75) is 6.92 Å². The maximum Gasteiger partial charge on any atom is 0.197 e. The second kappa shape index (κ2) is 3.96. The quantitative estimate of drug-likeness (QED) is 0.743. The highest BCUT2D eigenvalue weighted by Gasteiger charge is 2.05. The van der Waals surface area contributed by atoms with Crippen LogP contribution < -0.4 is 0 Å². The number of rotatable bonds is 1. The molecule has 0 saturated heterocycles. The second-order valence-corrected chi connectivity index (χ2v) is 5.19.